The largest absolute Gasteiger partial charge is 0.361 e. The zero-order chi connectivity index (χ0) is 10.8. The van der Waals surface area contributed by atoms with Crippen molar-refractivity contribution in [2.75, 3.05) is 13.2 Å². The second-order valence-electron chi connectivity index (χ2n) is 3.04. The van der Waals surface area contributed by atoms with Crippen molar-refractivity contribution in [3.05, 3.63) is 12.2 Å². The van der Waals surface area contributed by atoms with E-state index in [1.165, 1.54) is 0 Å². The van der Waals surface area contributed by atoms with Gasteiger partial charge in [0.1, 0.15) is 0 Å². The van der Waals surface area contributed by atoms with E-state index in [9.17, 15) is 4.57 Å². The molecule has 80 valence electrons. The summed E-state index contributed by atoms with van der Waals surface area (Å²) in [5, 5.41) is 0. The molecule has 0 radical (unpaired) electrons. The molecule has 0 fully saturated rings. The Hall–Kier alpha value is -0.440. The second-order valence-corrected chi connectivity index (χ2v) is 5.13. The average Bonchev–Trinajstić information content (AvgIpc) is 2.83. The lowest BCUT2D eigenvalue weighted by Gasteiger charge is -2.15. The molecule has 1 atom stereocenters. The van der Waals surface area contributed by atoms with Crippen molar-refractivity contribution < 1.29 is 13.6 Å². The summed E-state index contributed by atoms with van der Waals surface area (Å²) in [6.45, 7) is 9.88. The highest BCUT2D eigenvalue weighted by Gasteiger charge is 2.47. The molecule has 0 aliphatic carbocycles. The molecule has 1 heterocycles. The van der Waals surface area contributed by atoms with Gasteiger partial charge in [-0.3, -0.25) is 9.56 Å². The minimum absolute atomic E-state index is 0.368. The first-order chi connectivity index (χ1) is 6.55. The molecule has 1 aliphatic heterocycles. The Labute approximate surface area is 84.5 Å². The molecule has 1 rings (SSSR count). The van der Waals surface area contributed by atoms with Gasteiger partial charge < -0.3 is 9.05 Å². The van der Waals surface area contributed by atoms with Crippen molar-refractivity contribution in [3.63, 3.8) is 0 Å². The van der Waals surface area contributed by atoms with Crippen LogP contribution in [0.25, 0.3) is 0 Å². The summed E-state index contributed by atoms with van der Waals surface area (Å²) in [6, 6.07) is 0. The monoisotopic (exact) mass is 217 g/mol. The van der Waals surface area contributed by atoms with Crippen LogP contribution < -0.4 is 0 Å². The van der Waals surface area contributed by atoms with Gasteiger partial charge in [0.25, 0.3) is 0 Å². The van der Waals surface area contributed by atoms with Crippen LogP contribution in [-0.4, -0.2) is 24.7 Å². The third-order valence-corrected chi connectivity index (χ3v) is 3.99. The maximum atomic E-state index is 12.1. The highest BCUT2D eigenvalue weighted by molar-refractivity contribution is 7.56. The van der Waals surface area contributed by atoms with E-state index < -0.39 is 13.4 Å². The number of rotatable bonds is 6. The molecule has 5 heteroatoms. The molecule has 4 nitrogen and oxygen atoms in total. The van der Waals surface area contributed by atoms with Crippen molar-refractivity contribution in [2.24, 2.45) is 4.99 Å². The smallest absolute Gasteiger partial charge is 0.307 e. The molecule has 0 saturated heterocycles. The quantitative estimate of drug-likeness (QED) is 0.642. The zero-order valence-corrected chi connectivity index (χ0v) is 9.71. The molecule has 1 unspecified atom stereocenters. The molecule has 0 aromatic carbocycles. The normalized spacial score (nSPS) is 20.5. The topological polar surface area (TPSA) is 47.9 Å². The van der Waals surface area contributed by atoms with E-state index in [4.69, 9.17) is 9.05 Å². The Morgan fingerprint density at radius 3 is 2.29 bits per heavy atom. The van der Waals surface area contributed by atoms with E-state index in [0.717, 1.165) is 11.3 Å². The van der Waals surface area contributed by atoms with Crippen LogP contribution in [0.15, 0.2) is 17.1 Å². The summed E-state index contributed by atoms with van der Waals surface area (Å²) in [5.41, 5.74) is 1.59. The van der Waals surface area contributed by atoms with Gasteiger partial charge in [0.15, 0.2) is 5.78 Å². The number of hydrogen-bond acceptors (Lipinski definition) is 4. The van der Waals surface area contributed by atoms with Gasteiger partial charge in [-0.1, -0.05) is 6.58 Å². The predicted octanol–water partition coefficient (Wildman–Crippen LogP) is 2.61. The SMILES string of the molecule is C=C(C)C1=NC1P(=O)(OCC)OCC. The van der Waals surface area contributed by atoms with Crippen LogP contribution in [-0.2, 0) is 13.6 Å². The lowest BCUT2D eigenvalue weighted by Crippen LogP contribution is -2.06. The van der Waals surface area contributed by atoms with Crippen molar-refractivity contribution in [3.8, 4) is 0 Å². The fourth-order valence-electron chi connectivity index (χ4n) is 1.18. The van der Waals surface area contributed by atoms with E-state index in [1.54, 1.807) is 13.8 Å². The standard InChI is InChI=1S/C9H16NO3P/c1-5-12-14(11,13-6-2)9-8(10-9)7(3)4/h9H,3,5-6H2,1-2,4H3. The molecule has 0 N–H and O–H groups in total. The third-order valence-electron chi connectivity index (χ3n) is 1.79. The molecule has 0 spiro atoms. The molecular weight excluding hydrogens is 201 g/mol. The Kier molecular flexibility index (Phi) is 3.65. The zero-order valence-electron chi connectivity index (χ0n) is 8.82. The molecule has 14 heavy (non-hydrogen) atoms. The Balaban J connectivity index is 2.64. The summed E-state index contributed by atoms with van der Waals surface area (Å²) in [7, 11) is -3.05. The summed E-state index contributed by atoms with van der Waals surface area (Å²) in [4.78, 5) is 4.07. The molecule has 1 aliphatic rings. The van der Waals surface area contributed by atoms with Crippen LogP contribution in [0.5, 0.6) is 0 Å². The summed E-state index contributed by atoms with van der Waals surface area (Å²) in [5.74, 6) is -0.403. The Morgan fingerprint density at radius 1 is 1.50 bits per heavy atom. The molecule has 0 aromatic rings. The molecule has 0 aromatic heterocycles. The van der Waals surface area contributed by atoms with Gasteiger partial charge in [-0.05, 0) is 26.3 Å². The van der Waals surface area contributed by atoms with Gasteiger partial charge in [-0.25, -0.2) is 0 Å². The van der Waals surface area contributed by atoms with E-state index >= 15 is 0 Å². The molecule has 0 bridgehead atoms. The molecule has 0 saturated carbocycles. The van der Waals surface area contributed by atoms with Crippen LogP contribution in [0.4, 0.5) is 0 Å². The van der Waals surface area contributed by atoms with E-state index in [-0.39, 0.29) is 0 Å². The Morgan fingerprint density at radius 2 is 2.00 bits per heavy atom. The van der Waals surface area contributed by atoms with Crippen LogP contribution in [0.3, 0.4) is 0 Å². The summed E-state index contributed by atoms with van der Waals surface area (Å²) >= 11 is 0. The van der Waals surface area contributed by atoms with Gasteiger partial charge in [0.2, 0.25) is 0 Å². The van der Waals surface area contributed by atoms with Gasteiger partial charge in [0, 0.05) is 0 Å². The third kappa shape index (κ3) is 2.32. The van der Waals surface area contributed by atoms with Crippen LogP contribution in [0, 0.1) is 0 Å². The fraction of sp³-hybridized carbons (Fsp3) is 0.667. The number of aliphatic imine (C=N–C) groups is 1. The lowest BCUT2D eigenvalue weighted by molar-refractivity contribution is 0.219. The van der Waals surface area contributed by atoms with Crippen LogP contribution in [0.1, 0.15) is 20.8 Å². The highest BCUT2D eigenvalue weighted by Crippen LogP contribution is 2.59. The van der Waals surface area contributed by atoms with E-state index in [0.29, 0.717) is 13.2 Å². The van der Waals surface area contributed by atoms with Crippen LogP contribution >= 0.6 is 7.60 Å². The van der Waals surface area contributed by atoms with Crippen molar-refractivity contribution >= 4 is 13.3 Å². The predicted molar refractivity (Wildman–Crippen MR) is 56.9 cm³/mol. The first-order valence-electron chi connectivity index (χ1n) is 4.67. The summed E-state index contributed by atoms with van der Waals surface area (Å²) < 4.78 is 22.4. The number of hydrogen-bond donors (Lipinski definition) is 0. The lowest BCUT2D eigenvalue weighted by atomic mass is 10.3. The summed E-state index contributed by atoms with van der Waals surface area (Å²) in [6.07, 6.45) is 0. The van der Waals surface area contributed by atoms with Gasteiger partial charge in [-0.2, -0.15) is 0 Å². The molecule has 0 amide bonds. The van der Waals surface area contributed by atoms with Gasteiger partial charge >= 0.3 is 7.60 Å². The van der Waals surface area contributed by atoms with Crippen molar-refractivity contribution in [1.82, 2.24) is 0 Å². The maximum Gasteiger partial charge on any atom is 0.361 e. The second kappa shape index (κ2) is 4.39. The van der Waals surface area contributed by atoms with E-state index in [1.807, 2.05) is 6.92 Å². The van der Waals surface area contributed by atoms with Gasteiger partial charge in [-0.15, -0.1) is 0 Å². The highest BCUT2D eigenvalue weighted by atomic mass is 31.2. The average molecular weight is 217 g/mol. The maximum absolute atomic E-state index is 12.1. The first kappa shape index (κ1) is 11.6. The fourth-order valence-corrected chi connectivity index (χ4v) is 3.05. The Bertz CT molecular complexity index is 301. The first-order valence-corrected chi connectivity index (χ1v) is 6.28. The minimum atomic E-state index is -3.05. The van der Waals surface area contributed by atoms with Crippen LogP contribution in [0.2, 0.25) is 0 Å². The van der Waals surface area contributed by atoms with Gasteiger partial charge in [0.05, 0.1) is 18.9 Å². The van der Waals surface area contributed by atoms with Crippen molar-refractivity contribution in [2.45, 2.75) is 26.6 Å². The minimum Gasteiger partial charge on any atom is -0.307 e. The molecular formula is C9H16NO3P. The van der Waals surface area contributed by atoms with E-state index in [2.05, 4.69) is 11.6 Å². The van der Waals surface area contributed by atoms with Crippen molar-refractivity contribution in [1.29, 1.82) is 0 Å². The number of nitrogens with zero attached hydrogens (tertiary/aromatic N) is 1.